The first-order chi connectivity index (χ1) is 8.16. The monoisotopic (exact) mass is 241 g/mol. The molecular weight excluding hydrogens is 214 g/mol. The summed E-state index contributed by atoms with van der Waals surface area (Å²) in [5, 5.41) is 0. The molecule has 2 rings (SSSR count). The Labute approximate surface area is 105 Å². The molecule has 2 unspecified atom stereocenters. The number of piperazine rings is 1. The smallest absolute Gasteiger partial charge is 0.0468 e. The van der Waals surface area contributed by atoms with Gasteiger partial charge < -0.3 is 15.4 Å². The molecule has 17 heavy (non-hydrogen) atoms. The molecule has 2 aliphatic heterocycles. The summed E-state index contributed by atoms with van der Waals surface area (Å²) >= 11 is 0. The van der Waals surface area contributed by atoms with Crippen LogP contribution in [0.4, 0.5) is 0 Å². The number of nitrogens with zero attached hydrogens (tertiary/aromatic N) is 2. The standard InChI is InChI=1S/C13H27N3O/c1-15-5-6-16(2)13(10-15)12(14)9-11-3-7-17-8-4-11/h11-13H,3-10,14H2,1-2H3. The van der Waals surface area contributed by atoms with Crippen LogP contribution >= 0.6 is 0 Å². The molecule has 0 bridgehead atoms. The summed E-state index contributed by atoms with van der Waals surface area (Å²) in [5.74, 6) is 0.777. The predicted molar refractivity (Wildman–Crippen MR) is 70.1 cm³/mol. The third kappa shape index (κ3) is 3.65. The van der Waals surface area contributed by atoms with Gasteiger partial charge in [0.05, 0.1) is 0 Å². The summed E-state index contributed by atoms with van der Waals surface area (Å²) in [6, 6.07) is 0.836. The zero-order valence-electron chi connectivity index (χ0n) is 11.3. The van der Waals surface area contributed by atoms with Crippen LogP contribution < -0.4 is 5.73 Å². The van der Waals surface area contributed by atoms with Gasteiger partial charge in [0.1, 0.15) is 0 Å². The molecule has 2 fully saturated rings. The predicted octanol–water partition coefficient (Wildman–Crippen LogP) is 0.376. The Morgan fingerprint density at radius 3 is 2.65 bits per heavy atom. The minimum absolute atomic E-state index is 0.311. The number of ether oxygens (including phenoxy) is 1. The number of hydrogen-bond donors (Lipinski definition) is 1. The van der Waals surface area contributed by atoms with Crippen LogP contribution in [0.2, 0.25) is 0 Å². The van der Waals surface area contributed by atoms with E-state index in [9.17, 15) is 0 Å². The minimum Gasteiger partial charge on any atom is -0.381 e. The largest absolute Gasteiger partial charge is 0.381 e. The molecule has 0 aromatic heterocycles. The fraction of sp³-hybridized carbons (Fsp3) is 1.00. The lowest BCUT2D eigenvalue weighted by molar-refractivity contribution is 0.0491. The zero-order valence-corrected chi connectivity index (χ0v) is 11.3. The summed E-state index contributed by atoms with van der Waals surface area (Å²) < 4.78 is 5.41. The van der Waals surface area contributed by atoms with Gasteiger partial charge in [0, 0.05) is 44.9 Å². The molecule has 0 aromatic carbocycles. The quantitative estimate of drug-likeness (QED) is 0.775. The second kappa shape index (κ2) is 6.14. The summed E-state index contributed by atoms with van der Waals surface area (Å²) in [6.45, 7) is 5.27. The van der Waals surface area contributed by atoms with Crippen molar-refractivity contribution < 1.29 is 4.74 Å². The van der Waals surface area contributed by atoms with Crippen molar-refractivity contribution in [3.63, 3.8) is 0 Å². The number of hydrogen-bond acceptors (Lipinski definition) is 4. The molecule has 4 nitrogen and oxygen atoms in total. The average molecular weight is 241 g/mol. The van der Waals surface area contributed by atoms with Crippen molar-refractivity contribution in [3.05, 3.63) is 0 Å². The molecule has 0 radical (unpaired) electrons. The number of nitrogens with two attached hydrogens (primary N) is 1. The summed E-state index contributed by atoms with van der Waals surface area (Å²) in [4.78, 5) is 4.83. The van der Waals surface area contributed by atoms with Gasteiger partial charge >= 0.3 is 0 Å². The molecule has 0 spiro atoms. The number of rotatable bonds is 3. The van der Waals surface area contributed by atoms with Crippen LogP contribution in [0.5, 0.6) is 0 Å². The second-order valence-electron chi connectivity index (χ2n) is 5.77. The Kier molecular flexibility index (Phi) is 4.79. The Balaban J connectivity index is 1.82. The van der Waals surface area contributed by atoms with Crippen LogP contribution in [0.25, 0.3) is 0 Å². The van der Waals surface area contributed by atoms with Gasteiger partial charge in [-0.25, -0.2) is 0 Å². The van der Waals surface area contributed by atoms with Gasteiger partial charge in [-0.05, 0) is 39.3 Å². The van der Waals surface area contributed by atoms with E-state index in [1.54, 1.807) is 0 Å². The van der Waals surface area contributed by atoms with Crippen molar-refractivity contribution >= 4 is 0 Å². The van der Waals surface area contributed by atoms with Crippen LogP contribution in [-0.4, -0.2) is 68.8 Å². The molecule has 2 aliphatic rings. The van der Waals surface area contributed by atoms with E-state index in [0.29, 0.717) is 12.1 Å². The number of likely N-dealkylation sites (N-methyl/N-ethyl adjacent to an activating group) is 2. The Morgan fingerprint density at radius 1 is 1.24 bits per heavy atom. The fourth-order valence-corrected chi connectivity index (χ4v) is 3.03. The van der Waals surface area contributed by atoms with E-state index in [1.165, 1.54) is 12.8 Å². The van der Waals surface area contributed by atoms with E-state index in [0.717, 1.165) is 45.2 Å². The van der Waals surface area contributed by atoms with Crippen LogP contribution in [0.15, 0.2) is 0 Å². The molecule has 100 valence electrons. The molecule has 4 heteroatoms. The Morgan fingerprint density at radius 2 is 1.94 bits per heavy atom. The van der Waals surface area contributed by atoms with E-state index in [2.05, 4.69) is 23.9 Å². The Bertz CT molecular complexity index is 231. The molecule has 0 aromatic rings. The normalized spacial score (nSPS) is 31.6. The summed E-state index contributed by atoms with van der Waals surface area (Å²) in [6.07, 6.45) is 3.55. The van der Waals surface area contributed by atoms with E-state index < -0.39 is 0 Å². The molecular formula is C13H27N3O. The van der Waals surface area contributed by atoms with Crippen LogP contribution in [-0.2, 0) is 4.74 Å². The van der Waals surface area contributed by atoms with Crippen LogP contribution in [0, 0.1) is 5.92 Å². The maximum atomic E-state index is 6.42. The highest BCUT2D eigenvalue weighted by Gasteiger charge is 2.29. The average Bonchev–Trinajstić information content (AvgIpc) is 2.33. The summed E-state index contributed by atoms with van der Waals surface area (Å²) in [5.41, 5.74) is 6.42. The van der Waals surface area contributed by atoms with Crippen molar-refractivity contribution in [2.24, 2.45) is 11.7 Å². The van der Waals surface area contributed by atoms with Gasteiger partial charge in [0.2, 0.25) is 0 Å². The van der Waals surface area contributed by atoms with Gasteiger partial charge in [0.15, 0.2) is 0 Å². The van der Waals surface area contributed by atoms with E-state index in [4.69, 9.17) is 10.5 Å². The van der Waals surface area contributed by atoms with Gasteiger partial charge in [-0.15, -0.1) is 0 Å². The SMILES string of the molecule is CN1CCN(C)C(C(N)CC2CCOCC2)C1. The molecule has 0 saturated carbocycles. The van der Waals surface area contributed by atoms with Crippen molar-refractivity contribution in [2.45, 2.75) is 31.3 Å². The van der Waals surface area contributed by atoms with Crippen molar-refractivity contribution in [1.29, 1.82) is 0 Å². The first-order valence-electron chi connectivity index (χ1n) is 6.89. The van der Waals surface area contributed by atoms with Gasteiger partial charge in [-0.2, -0.15) is 0 Å². The highest BCUT2D eigenvalue weighted by Crippen LogP contribution is 2.22. The van der Waals surface area contributed by atoms with Crippen molar-refractivity contribution in [2.75, 3.05) is 46.9 Å². The fourth-order valence-electron chi connectivity index (χ4n) is 3.03. The zero-order chi connectivity index (χ0) is 12.3. The van der Waals surface area contributed by atoms with Crippen LogP contribution in [0.1, 0.15) is 19.3 Å². The lowest BCUT2D eigenvalue weighted by Gasteiger charge is -2.41. The first kappa shape index (κ1) is 13.3. The van der Waals surface area contributed by atoms with Crippen LogP contribution in [0.3, 0.4) is 0 Å². The second-order valence-corrected chi connectivity index (χ2v) is 5.77. The highest BCUT2D eigenvalue weighted by molar-refractivity contribution is 4.88. The maximum absolute atomic E-state index is 6.42. The van der Waals surface area contributed by atoms with Gasteiger partial charge in [0.25, 0.3) is 0 Å². The van der Waals surface area contributed by atoms with Gasteiger partial charge in [-0.3, -0.25) is 4.90 Å². The molecule has 0 aliphatic carbocycles. The minimum atomic E-state index is 0.311. The third-order valence-electron chi connectivity index (χ3n) is 4.34. The molecule has 2 saturated heterocycles. The summed E-state index contributed by atoms with van der Waals surface area (Å²) in [7, 11) is 4.41. The van der Waals surface area contributed by atoms with Crippen molar-refractivity contribution in [3.8, 4) is 0 Å². The lowest BCUT2D eigenvalue weighted by atomic mass is 9.89. The first-order valence-corrected chi connectivity index (χ1v) is 6.89. The van der Waals surface area contributed by atoms with E-state index in [-0.39, 0.29) is 0 Å². The van der Waals surface area contributed by atoms with E-state index >= 15 is 0 Å². The van der Waals surface area contributed by atoms with Crippen molar-refractivity contribution in [1.82, 2.24) is 9.80 Å². The highest BCUT2D eigenvalue weighted by atomic mass is 16.5. The Hall–Kier alpha value is -0.160. The molecule has 0 amide bonds. The molecule has 2 heterocycles. The molecule has 2 N–H and O–H groups in total. The van der Waals surface area contributed by atoms with E-state index in [1.807, 2.05) is 0 Å². The topological polar surface area (TPSA) is 41.7 Å². The molecule has 2 atom stereocenters. The maximum Gasteiger partial charge on any atom is 0.0468 e. The lowest BCUT2D eigenvalue weighted by Crippen LogP contribution is -2.57. The van der Waals surface area contributed by atoms with Gasteiger partial charge in [-0.1, -0.05) is 0 Å². The third-order valence-corrected chi connectivity index (χ3v) is 4.34.